The molecule has 0 aromatic carbocycles. The molecule has 0 aromatic heterocycles. The zero-order valence-corrected chi connectivity index (χ0v) is 22.1. The van der Waals surface area contributed by atoms with E-state index in [0.717, 1.165) is 32.2 Å². The van der Waals surface area contributed by atoms with Crippen LogP contribution in [-0.4, -0.2) is 81.6 Å². The van der Waals surface area contributed by atoms with Gasteiger partial charge in [0.15, 0.2) is 0 Å². The van der Waals surface area contributed by atoms with Gasteiger partial charge in [0.05, 0.1) is 0 Å². The van der Waals surface area contributed by atoms with Crippen LogP contribution >= 0.6 is 0 Å². The molecule has 13 N–H and O–H groups in total. The lowest BCUT2D eigenvalue weighted by molar-refractivity contribution is -0.139. The van der Waals surface area contributed by atoms with E-state index >= 15 is 0 Å². The maximum atomic E-state index is 10.1. The lowest BCUT2D eigenvalue weighted by atomic mass is 10.1. The summed E-state index contributed by atoms with van der Waals surface area (Å²) < 4.78 is 0. The van der Waals surface area contributed by atoms with Gasteiger partial charge in [-0.15, -0.1) is 0 Å². The van der Waals surface area contributed by atoms with Crippen LogP contribution in [0, 0.1) is 11.8 Å². The Hall–Kier alpha value is -2.32. The molecule has 0 spiro atoms. The predicted octanol–water partition coefficient (Wildman–Crippen LogP) is 0.239. The summed E-state index contributed by atoms with van der Waals surface area (Å²) in [5.41, 5.74) is 20.9. The Bertz CT molecular complexity index is 587. The standard InChI is InChI=1S/C6H14N2O2.2C6H13NO2.C5H9NO2/c7-4-2-1-3-5(8)6(9)10;2*1-4(2)3-5(7)6(8)9;7-5(8)4-2-1-3-6-4/h5H,1-4,7-8H2,(H,9,10);2*4-5H,3,7H2,1-2H3,(H,8,9);4,6H,1-3H2,(H,7,8)/t;;;4-/m...0/s1. The summed E-state index contributed by atoms with van der Waals surface area (Å²) in [6.07, 6.45) is 5.05. The number of nitrogens with two attached hydrogens (primary N) is 4. The maximum absolute atomic E-state index is 10.1. The number of carboxylic acids is 4. The molecule has 0 radical (unpaired) electrons. The van der Waals surface area contributed by atoms with Gasteiger partial charge in [-0.05, 0) is 63.5 Å². The summed E-state index contributed by atoms with van der Waals surface area (Å²) in [5, 5.41) is 36.1. The molecule has 0 aliphatic carbocycles. The van der Waals surface area contributed by atoms with Crippen molar-refractivity contribution in [2.24, 2.45) is 34.8 Å². The van der Waals surface area contributed by atoms with Crippen molar-refractivity contribution in [3.05, 3.63) is 0 Å². The fourth-order valence-corrected chi connectivity index (χ4v) is 2.74. The van der Waals surface area contributed by atoms with Crippen molar-refractivity contribution in [2.75, 3.05) is 13.1 Å². The second-order valence-corrected chi connectivity index (χ2v) is 9.36. The SMILES string of the molecule is CC(C)CC(N)C(=O)O.CC(C)CC(N)C(=O)O.NCCCCC(N)C(=O)O.O=C(O)[C@@H]1CCCN1. The molecule has 3 unspecified atom stereocenters. The first-order chi connectivity index (χ1) is 16.6. The molecule has 1 aliphatic rings. The molecule has 1 rings (SSSR count). The zero-order chi connectivity index (χ0) is 28.8. The number of rotatable bonds is 12. The van der Waals surface area contributed by atoms with Gasteiger partial charge in [-0.2, -0.15) is 0 Å². The molecule has 0 bridgehead atoms. The van der Waals surface area contributed by atoms with E-state index in [1.807, 2.05) is 27.7 Å². The lowest BCUT2D eigenvalue weighted by Gasteiger charge is -2.07. The van der Waals surface area contributed by atoms with E-state index < -0.39 is 42.0 Å². The fraction of sp³-hybridized carbons (Fsp3) is 0.826. The highest BCUT2D eigenvalue weighted by Crippen LogP contribution is 2.04. The van der Waals surface area contributed by atoms with Crippen molar-refractivity contribution in [3.63, 3.8) is 0 Å². The van der Waals surface area contributed by atoms with E-state index in [1.165, 1.54) is 0 Å². The number of hydrogen-bond donors (Lipinski definition) is 9. The van der Waals surface area contributed by atoms with E-state index in [9.17, 15) is 19.2 Å². The molecular weight excluding hydrogens is 474 g/mol. The van der Waals surface area contributed by atoms with Gasteiger partial charge in [-0.1, -0.05) is 34.1 Å². The van der Waals surface area contributed by atoms with E-state index in [1.54, 1.807) is 0 Å². The van der Waals surface area contributed by atoms with Crippen molar-refractivity contribution < 1.29 is 39.6 Å². The first-order valence-electron chi connectivity index (χ1n) is 12.2. The van der Waals surface area contributed by atoms with Gasteiger partial charge >= 0.3 is 23.9 Å². The molecule has 0 amide bonds. The number of unbranched alkanes of at least 4 members (excludes halogenated alkanes) is 1. The number of carbonyl (C=O) groups is 4. The minimum Gasteiger partial charge on any atom is -0.480 e. The van der Waals surface area contributed by atoms with E-state index in [4.69, 9.17) is 43.4 Å². The Morgan fingerprint density at radius 3 is 1.39 bits per heavy atom. The summed E-state index contributed by atoms with van der Waals surface area (Å²) in [7, 11) is 0. The van der Waals surface area contributed by atoms with Crippen molar-refractivity contribution in [2.45, 2.75) is 96.8 Å². The van der Waals surface area contributed by atoms with Gasteiger partial charge < -0.3 is 48.7 Å². The van der Waals surface area contributed by atoms with Crippen LogP contribution in [0.2, 0.25) is 0 Å². The molecule has 0 aromatic rings. The molecule has 4 atom stereocenters. The molecule has 1 fully saturated rings. The third-order valence-corrected chi connectivity index (χ3v) is 4.73. The summed E-state index contributed by atoms with van der Waals surface area (Å²) in [4.78, 5) is 40.5. The average molecular weight is 524 g/mol. The molecule has 0 saturated carbocycles. The van der Waals surface area contributed by atoms with Crippen LogP contribution in [0.3, 0.4) is 0 Å². The van der Waals surface area contributed by atoms with Gasteiger partial charge in [0.25, 0.3) is 0 Å². The number of hydrogen-bond acceptors (Lipinski definition) is 9. The van der Waals surface area contributed by atoms with Crippen LogP contribution in [0.15, 0.2) is 0 Å². The second kappa shape index (κ2) is 23.1. The van der Waals surface area contributed by atoms with Gasteiger partial charge in [-0.25, -0.2) is 0 Å². The molecule has 13 nitrogen and oxygen atoms in total. The van der Waals surface area contributed by atoms with Crippen molar-refractivity contribution >= 4 is 23.9 Å². The summed E-state index contributed by atoms with van der Waals surface area (Å²) >= 11 is 0. The Balaban J connectivity index is -0.000000404. The van der Waals surface area contributed by atoms with Crippen LogP contribution in [0.1, 0.15) is 72.6 Å². The van der Waals surface area contributed by atoms with Crippen molar-refractivity contribution in [1.82, 2.24) is 5.32 Å². The summed E-state index contributed by atoms with van der Waals surface area (Å²) in [6.45, 7) is 9.25. The first-order valence-corrected chi connectivity index (χ1v) is 12.2. The minimum absolute atomic E-state index is 0.269. The highest BCUT2D eigenvalue weighted by Gasteiger charge is 2.20. The molecule has 1 aliphatic heterocycles. The smallest absolute Gasteiger partial charge is 0.320 e. The Morgan fingerprint density at radius 1 is 0.778 bits per heavy atom. The molecule has 1 saturated heterocycles. The van der Waals surface area contributed by atoms with Crippen LogP contribution < -0.4 is 28.3 Å². The Kier molecular flexibility index (Phi) is 24.5. The molecular formula is C23H49N5O8. The van der Waals surface area contributed by atoms with E-state index in [2.05, 4.69) is 5.32 Å². The number of nitrogens with one attached hydrogen (secondary N) is 1. The molecule has 36 heavy (non-hydrogen) atoms. The number of carboxylic acid groups (broad SMARTS) is 4. The first kappa shape index (κ1) is 38.2. The molecule has 1 heterocycles. The topological polar surface area (TPSA) is 265 Å². The highest BCUT2D eigenvalue weighted by molar-refractivity contribution is 5.74. The van der Waals surface area contributed by atoms with Crippen molar-refractivity contribution in [3.8, 4) is 0 Å². The Morgan fingerprint density at radius 2 is 1.19 bits per heavy atom. The monoisotopic (exact) mass is 523 g/mol. The van der Waals surface area contributed by atoms with E-state index in [-0.39, 0.29) is 6.04 Å². The van der Waals surface area contributed by atoms with Crippen LogP contribution in [0.5, 0.6) is 0 Å². The third-order valence-electron chi connectivity index (χ3n) is 4.73. The van der Waals surface area contributed by atoms with Gasteiger partial charge in [-0.3, -0.25) is 19.2 Å². The average Bonchev–Trinajstić information content (AvgIpc) is 3.29. The highest BCUT2D eigenvalue weighted by atomic mass is 16.4. The van der Waals surface area contributed by atoms with Crippen molar-refractivity contribution in [1.29, 1.82) is 0 Å². The van der Waals surface area contributed by atoms with Crippen LogP contribution in [0.25, 0.3) is 0 Å². The summed E-state index contributed by atoms with van der Waals surface area (Å²) in [6, 6.07) is -2.36. The summed E-state index contributed by atoms with van der Waals surface area (Å²) in [5.74, 6) is -2.76. The zero-order valence-electron chi connectivity index (χ0n) is 22.1. The minimum atomic E-state index is -0.933. The normalized spacial score (nSPS) is 16.8. The third kappa shape index (κ3) is 26.3. The lowest BCUT2D eigenvalue weighted by Crippen LogP contribution is -2.31. The fourth-order valence-electron chi connectivity index (χ4n) is 2.74. The molecule has 214 valence electrons. The maximum Gasteiger partial charge on any atom is 0.320 e. The van der Waals surface area contributed by atoms with Gasteiger partial charge in [0.1, 0.15) is 24.2 Å². The number of aliphatic carboxylic acids is 4. The Labute approximate surface area is 214 Å². The molecule has 13 heteroatoms. The van der Waals surface area contributed by atoms with Crippen LogP contribution in [-0.2, 0) is 19.2 Å². The van der Waals surface area contributed by atoms with Crippen LogP contribution in [0.4, 0.5) is 0 Å². The quantitative estimate of drug-likeness (QED) is 0.155. The second-order valence-electron chi connectivity index (χ2n) is 9.36. The van der Waals surface area contributed by atoms with E-state index in [0.29, 0.717) is 37.6 Å². The van der Waals surface area contributed by atoms with Gasteiger partial charge in [0, 0.05) is 0 Å². The van der Waals surface area contributed by atoms with Gasteiger partial charge in [0.2, 0.25) is 0 Å². The predicted molar refractivity (Wildman–Crippen MR) is 137 cm³/mol. The largest absolute Gasteiger partial charge is 0.480 e.